The van der Waals surface area contributed by atoms with Crippen LogP contribution >= 0.6 is 0 Å². The molecule has 0 aliphatic carbocycles. The third-order valence-corrected chi connectivity index (χ3v) is 7.69. The lowest BCUT2D eigenvalue weighted by Gasteiger charge is -2.52. The molecule has 1 fully saturated rings. The van der Waals surface area contributed by atoms with E-state index < -0.39 is 8.07 Å². The van der Waals surface area contributed by atoms with E-state index in [2.05, 4.69) is 47.7 Å². The van der Waals surface area contributed by atoms with Crippen molar-refractivity contribution in [3.05, 3.63) is 0 Å². The van der Waals surface area contributed by atoms with Gasteiger partial charge in [0, 0.05) is 6.61 Å². The van der Waals surface area contributed by atoms with Gasteiger partial charge in [-0.3, -0.25) is 0 Å². The fourth-order valence-electron chi connectivity index (χ4n) is 2.71. The molecule has 0 aromatic carbocycles. The molecule has 0 amide bonds. The van der Waals surface area contributed by atoms with Crippen molar-refractivity contribution in [2.24, 2.45) is 11.3 Å². The van der Waals surface area contributed by atoms with Gasteiger partial charge in [0.1, 0.15) is 0 Å². The zero-order valence-corrected chi connectivity index (χ0v) is 13.3. The van der Waals surface area contributed by atoms with Crippen LogP contribution in [0.5, 0.6) is 0 Å². The van der Waals surface area contributed by atoms with E-state index in [0.29, 0.717) is 17.4 Å². The number of hydrogen-bond donors (Lipinski definition) is 0. The fraction of sp³-hybridized carbons (Fsp3) is 1.00. The molecule has 2 heteroatoms. The summed E-state index contributed by atoms with van der Waals surface area (Å²) < 4.78 is 6.07. The lowest BCUT2D eigenvalue weighted by atomic mass is 9.88. The Morgan fingerprint density at radius 2 is 1.81 bits per heavy atom. The smallest absolute Gasteiger partial charge is 0.0559 e. The van der Waals surface area contributed by atoms with E-state index in [1.165, 1.54) is 12.5 Å². The fourth-order valence-corrected chi connectivity index (χ4v) is 6.40. The first-order chi connectivity index (χ1) is 7.12. The predicted octanol–water partition coefficient (Wildman–Crippen LogP) is 4.56. The third kappa shape index (κ3) is 3.88. The molecule has 1 saturated heterocycles. The molecule has 0 radical (unpaired) electrons. The van der Waals surface area contributed by atoms with Gasteiger partial charge in [-0.05, 0) is 29.3 Å². The van der Waals surface area contributed by atoms with Gasteiger partial charge in [0.15, 0.2) is 0 Å². The van der Waals surface area contributed by atoms with E-state index in [4.69, 9.17) is 4.74 Å². The zero-order valence-electron chi connectivity index (χ0n) is 12.3. The van der Waals surface area contributed by atoms with Crippen LogP contribution in [-0.4, -0.2) is 20.8 Å². The van der Waals surface area contributed by atoms with Crippen molar-refractivity contribution in [2.75, 3.05) is 6.61 Å². The molecule has 1 heterocycles. The Labute approximate surface area is 103 Å². The summed E-state index contributed by atoms with van der Waals surface area (Å²) in [6.45, 7) is 17.5. The van der Waals surface area contributed by atoms with Gasteiger partial charge in [-0.15, -0.1) is 0 Å². The molecule has 96 valence electrons. The SMILES string of the molecule is CC(C)COC1C[Si](C)(C)C1CC(C)(C)C. The monoisotopic (exact) mass is 242 g/mol. The number of ether oxygens (including phenoxy) is 1. The Bertz CT molecular complexity index is 227. The first-order valence-electron chi connectivity index (χ1n) is 6.73. The van der Waals surface area contributed by atoms with Crippen LogP contribution in [0.15, 0.2) is 0 Å². The van der Waals surface area contributed by atoms with Crippen molar-refractivity contribution in [2.45, 2.75) is 71.8 Å². The highest BCUT2D eigenvalue weighted by molar-refractivity contribution is 6.82. The van der Waals surface area contributed by atoms with Crippen LogP contribution in [-0.2, 0) is 4.74 Å². The van der Waals surface area contributed by atoms with Crippen molar-refractivity contribution in [3.8, 4) is 0 Å². The van der Waals surface area contributed by atoms with Crippen LogP contribution in [0.25, 0.3) is 0 Å². The van der Waals surface area contributed by atoms with Gasteiger partial charge < -0.3 is 4.74 Å². The van der Waals surface area contributed by atoms with E-state index in [1.807, 2.05) is 0 Å². The molecule has 1 nitrogen and oxygen atoms in total. The highest BCUT2D eigenvalue weighted by Crippen LogP contribution is 2.50. The molecule has 1 aliphatic heterocycles. The van der Waals surface area contributed by atoms with Crippen molar-refractivity contribution in [3.63, 3.8) is 0 Å². The highest BCUT2D eigenvalue weighted by atomic mass is 28.3. The first kappa shape index (κ1) is 14.2. The summed E-state index contributed by atoms with van der Waals surface area (Å²) in [5, 5.41) is 0. The normalized spacial score (nSPS) is 29.2. The van der Waals surface area contributed by atoms with Gasteiger partial charge in [-0.1, -0.05) is 47.7 Å². The first-order valence-corrected chi connectivity index (χ1v) is 10.0. The van der Waals surface area contributed by atoms with Crippen LogP contribution in [0.2, 0.25) is 24.7 Å². The second kappa shape index (κ2) is 4.81. The van der Waals surface area contributed by atoms with Crippen molar-refractivity contribution >= 4 is 8.07 Å². The molecule has 0 aromatic rings. The number of rotatable bonds is 4. The summed E-state index contributed by atoms with van der Waals surface area (Å²) in [6.07, 6.45) is 1.91. The predicted molar refractivity (Wildman–Crippen MR) is 74.7 cm³/mol. The second-order valence-corrected chi connectivity index (χ2v) is 13.0. The largest absolute Gasteiger partial charge is 0.378 e. The average molecular weight is 242 g/mol. The highest BCUT2D eigenvalue weighted by Gasteiger charge is 2.50. The van der Waals surface area contributed by atoms with Gasteiger partial charge in [0.2, 0.25) is 0 Å². The van der Waals surface area contributed by atoms with E-state index in [9.17, 15) is 0 Å². The summed E-state index contributed by atoms with van der Waals surface area (Å²) in [7, 11) is -0.950. The maximum Gasteiger partial charge on any atom is 0.0559 e. The summed E-state index contributed by atoms with van der Waals surface area (Å²) in [6, 6.07) is 1.38. The molecule has 0 bridgehead atoms. The van der Waals surface area contributed by atoms with Gasteiger partial charge >= 0.3 is 0 Å². The van der Waals surface area contributed by atoms with Crippen molar-refractivity contribution in [1.29, 1.82) is 0 Å². The van der Waals surface area contributed by atoms with E-state index in [1.54, 1.807) is 0 Å². The molecule has 2 atom stereocenters. The summed E-state index contributed by atoms with van der Waals surface area (Å²) >= 11 is 0. The Morgan fingerprint density at radius 3 is 2.19 bits per heavy atom. The number of hydrogen-bond acceptors (Lipinski definition) is 1. The Balaban J connectivity index is 2.49. The Morgan fingerprint density at radius 1 is 1.25 bits per heavy atom. The van der Waals surface area contributed by atoms with Gasteiger partial charge in [0.25, 0.3) is 0 Å². The van der Waals surface area contributed by atoms with Gasteiger partial charge in [-0.25, -0.2) is 0 Å². The minimum Gasteiger partial charge on any atom is -0.378 e. The molecule has 16 heavy (non-hydrogen) atoms. The molecule has 1 aliphatic rings. The molecular weight excluding hydrogens is 212 g/mol. The van der Waals surface area contributed by atoms with Gasteiger partial charge in [0.05, 0.1) is 14.2 Å². The van der Waals surface area contributed by atoms with E-state index in [-0.39, 0.29) is 0 Å². The zero-order chi connectivity index (χ0) is 12.6. The third-order valence-electron chi connectivity index (χ3n) is 3.66. The Kier molecular flexibility index (Phi) is 4.28. The Hall–Kier alpha value is 0.177. The second-order valence-electron chi connectivity index (χ2n) is 7.83. The van der Waals surface area contributed by atoms with Gasteiger partial charge in [-0.2, -0.15) is 0 Å². The molecular formula is C14H30OSi. The van der Waals surface area contributed by atoms with Crippen molar-refractivity contribution in [1.82, 2.24) is 0 Å². The maximum absolute atomic E-state index is 6.07. The van der Waals surface area contributed by atoms with Crippen LogP contribution in [0.3, 0.4) is 0 Å². The van der Waals surface area contributed by atoms with Crippen LogP contribution < -0.4 is 0 Å². The van der Waals surface area contributed by atoms with Crippen molar-refractivity contribution < 1.29 is 4.74 Å². The molecule has 2 unspecified atom stereocenters. The molecule has 1 rings (SSSR count). The van der Waals surface area contributed by atoms with Crippen LogP contribution in [0, 0.1) is 11.3 Å². The lowest BCUT2D eigenvalue weighted by molar-refractivity contribution is 0.0181. The molecule has 0 saturated carbocycles. The summed E-state index contributed by atoms with van der Waals surface area (Å²) in [5.41, 5.74) is 1.33. The lowest BCUT2D eigenvalue weighted by Crippen LogP contribution is -2.55. The minimum absolute atomic E-state index is 0.453. The minimum atomic E-state index is -0.950. The average Bonchev–Trinajstić information content (AvgIpc) is 2.07. The molecule has 0 spiro atoms. The maximum atomic E-state index is 6.07. The quantitative estimate of drug-likeness (QED) is 0.657. The van der Waals surface area contributed by atoms with E-state index >= 15 is 0 Å². The summed E-state index contributed by atoms with van der Waals surface area (Å²) in [4.78, 5) is 0. The van der Waals surface area contributed by atoms with Crippen LogP contribution in [0.1, 0.15) is 41.0 Å². The molecule has 0 aromatic heterocycles. The topological polar surface area (TPSA) is 9.23 Å². The standard InChI is InChI=1S/C14H30OSi/c1-11(2)9-15-12-10-16(6,7)13(12)8-14(3,4)5/h11-13H,8-10H2,1-7H3. The summed E-state index contributed by atoms with van der Waals surface area (Å²) in [5.74, 6) is 0.667. The van der Waals surface area contributed by atoms with E-state index in [0.717, 1.165) is 12.1 Å². The van der Waals surface area contributed by atoms with Crippen LogP contribution in [0.4, 0.5) is 0 Å². The molecule has 0 N–H and O–H groups in total.